The Labute approximate surface area is 108 Å². The van der Waals surface area contributed by atoms with E-state index < -0.39 is 0 Å². The first kappa shape index (κ1) is 11.8. The van der Waals surface area contributed by atoms with Crippen molar-refractivity contribution in [3.63, 3.8) is 0 Å². The van der Waals surface area contributed by atoms with E-state index in [1.807, 2.05) is 11.8 Å². The Morgan fingerprint density at radius 3 is 2.53 bits per heavy atom. The fourth-order valence-electron chi connectivity index (χ4n) is 3.17. The van der Waals surface area contributed by atoms with Crippen molar-refractivity contribution in [2.75, 3.05) is 12.8 Å². The van der Waals surface area contributed by atoms with Crippen LogP contribution in [-0.4, -0.2) is 40.1 Å². The molecule has 1 heterocycles. The van der Waals surface area contributed by atoms with Crippen LogP contribution in [0.5, 0.6) is 0 Å². The van der Waals surface area contributed by atoms with Crippen LogP contribution in [0.2, 0.25) is 0 Å². The largest absolute Gasteiger partial charge is 0.324 e. The fraction of sp³-hybridized carbons (Fsp3) is 0.923. The molecule has 17 heavy (non-hydrogen) atoms. The molecule has 3 nitrogen and oxygen atoms in total. The predicted molar refractivity (Wildman–Crippen MR) is 71.0 cm³/mol. The van der Waals surface area contributed by atoms with Gasteiger partial charge in [0.05, 0.1) is 11.7 Å². The van der Waals surface area contributed by atoms with Crippen LogP contribution >= 0.6 is 11.8 Å². The van der Waals surface area contributed by atoms with Gasteiger partial charge in [0.1, 0.15) is 0 Å². The summed E-state index contributed by atoms with van der Waals surface area (Å²) in [7, 11) is 0. The summed E-state index contributed by atoms with van der Waals surface area (Å²) in [6.07, 6.45) is 9.49. The normalized spacial score (nSPS) is 32.9. The van der Waals surface area contributed by atoms with Gasteiger partial charge < -0.3 is 4.90 Å². The van der Waals surface area contributed by atoms with E-state index >= 15 is 0 Å². The minimum absolute atomic E-state index is 0.135. The molecule has 0 aromatic heterocycles. The first-order valence-electron chi connectivity index (χ1n) is 6.79. The SMILES string of the molecule is CCC1NC2(CC2)C(=O)N1CC1(SC)CCC1. The summed E-state index contributed by atoms with van der Waals surface area (Å²) in [5.41, 5.74) is -0.135. The average molecular weight is 254 g/mol. The second-order valence-corrected chi connectivity index (χ2v) is 7.10. The van der Waals surface area contributed by atoms with E-state index in [-0.39, 0.29) is 11.7 Å². The topological polar surface area (TPSA) is 32.3 Å². The molecule has 0 bridgehead atoms. The standard InChI is InChI=1S/C13H22N2OS/c1-3-10-14-13(7-8-13)11(16)15(10)9-12(17-2)5-4-6-12/h10,14H,3-9H2,1-2H3. The number of thioether (sulfide) groups is 1. The van der Waals surface area contributed by atoms with Gasteiger partial charge in [-0.15, -0.1) is 0 Å². The zero-order valence-corrected chi connectivity index (χ0v) is 11.6. The Hall–Kier alpha value is -0.220. The van der Waals surface area contributed by atoms with E-state index in [9.17, 15) is 4.79 Å². The van der Waals surface area contributed by atoms with E-state index in [0.717, 1.165) is 25.8 Å². The van der Waals surface area contributed by atoms with Gasteiger partial charge in [-0.3, -0.25) is 10.1 Å². The summed E-state index contributed by atoms with van der Waals surface area (Å²) < 4.78 is 0.366. The van der Waals surface area contributed by atoms with Crippen molar-refractivity contribution < 1.29 is 4.79 Å². The van der Waals surface area contributed by atoms with Gasteiger partial charge in [-0.1, -0.05) is 13.3 Å². The minimum Gasteiger partial charge on any atom is -0.324 e. The number of nitrogens with zero attached hydrogens (tertiary/aromatic N) is 1. The first-order valence-corrected chi connectivity index (χ1v) is 8.01. The van der Waals surface area contributed by atoms with Crippen molar-refractivity contribution in [3.8, 4) is 0 Å². The molecule has 0 aromatic carbocycles. The van der Waals surface area contributed by atoms with Gasteiger partial charge in [-0.2, -0.15) is 11.8 Å². The lowest BCUT2D eigenvalue weighted by Gasteiger charge is -2.44. The minimum atomic E-state index is -0.135. The average Bonchev–Trinajstić information content (AvgIpc) is 3.01. The van der Waals surface area contributed by atoms with Gasteiger partial charge in [0, 0.05) is 11.3 Å². The Morgan fingerprint density at radius 2 is 2.12 bits per heavy atom. The Morgan fingerprint density at radius 1 is 1.41 bits per heavy atom. The molecule has 1 spiro atoms. The fourth-order valence-corrected chi connectivity index (χ4v) is 4.14. The third-order valence-corrected chi connectivity index (χ3v) is 6.19. The Bertz CT molecular complexity index is 331. The van der Waals surface area contributed by atoms with Gasteiger partial charge in [0.25, 0.3) is 0 Å². The molecule has 1 N–H and O–H groups in total. The van der Waals surface area contributed by atoms with Crippen LogP contribution in [0.4, 0.5) is 0 Å². The number of hydrogen-bond acceptors (Lipinski definition) is 3. The molecule has 0 radical (unpaired) electrons. The van der Waals surface area contributed by atoms with Crippen LogP contribution in [-0.2, 0) is 4.79 Å². The summed E-state index contributed by atoms with van der Waals surface area (Å²) >= 11 is 1.96. The third kappa shape index (κ3) is 1.72. The van der Waals surface area contributed by atoms with E-state index in [2.05, 4.69) is 23.4 Å². The first-order chi connectivity index (χ1) is 8.15. The number of nitrogens with one attached hydrogen (secondary N) is 1. The van der Waals surface area contributed by atoms with E-state index in [1.165, 1.54) is 19.3 Å². The molecule has 3 rings (SSSR count). The second-order valence-electron chi connectivity index (χ2n) is 5.82. The maximum absolute atomic E-state index is 12.4. The van der Waals surface area contributed by atoms with Crippen LogP contribution in [0.25, 0.3) is 0 Å². The summed E-state index contributed by atoms with van der Waals surface area (Å²) in [5, 5.41) is 3.55. The Kier molecular flexibility index (Phi) is 2.71. The quantitative estimate of drug-likeness (QED) is 0.832. The number of carbonyl (C=O) groups is 1. The molecule has 1 aliphatic heterocycles. The molecule has 3 fully saturated rings. The van der Waals surface area contributed by atoms with Crippen molar-refractivity contribution in [1.82, 2.24) is 10.2 Å². The summed E-state index contributed by atoms with van der Waals surface area (Å²) in [4.78, 5) is 14.6. The Balaban J connectivity index is 1.74. The maximum atomic E-state index is 12.4. The van der Waals surface area contributed by atoms with Crippen LogP contribution in [0.1, 0.15) is 45.4 Å². The van der Waals surface area contributed by atoms with E-state index in [0.29, 0.717) is 10.7 Å². The predicted octanol–water partition coefficient (Wildman–Crippen LogP) is 1.97. The molecule has 1 amide bonds. The molecule has 2 saturated carbocycles. The summed E-state index contributed by atoms with van der Waals surface area (Å²) in [6.45, 7) is 3.13. The van der Waals surface area contributed by atoms with Crippen molar-refractivity contribution in [2.24, 2.45) is 0 Å². The molecule has 0 aromatic rings. The highest BCUT2D eigenvalue weighted by Gasteiger charge is 2.59. The smallest absolute Gasteiger partial charge is 0.244 e. The molecule has 4 heteroatoms. The van der Waals surface area contributed by atoms with Crippen LogP contribution in [0.3, 0.4) is 0 Å². The lowest BCUT2D eigenvalue weighted by Crippen LogP contribution is -2.49. The van der Waals surface area contributed by atoms with Crippen molar-refractivity contribution in [1.29, 1.82) is 0 Å². The molecular formula is C13H22N2OS. The number of amides is 1. The zero-order valence-electron chi connectivity index (χ0n) is 10.8. The second kappa shape index (κ2) is 3.89. The maximum Gasteiger partial charge on any atom is 0.244 e. The number of rotatable bonds is 4. The molecule has 1 unspecified atom stereocenters. The van der Waals surface area contributed by atoms with Gasteiger partial charge >= 0.3 is 0 Å². The molecule has 1 saturated heterocycles. The molecule has 2 aliphatic carbocycles. The van der Waals surface area contributed by atoms with Gasteiger partial charge in [-0.05, 0) is 38.4 Å². The molecule has 1 atom stereocenters. The number of hydrogen-bond donors (Lipinski definition) is 1. The third-order valence-electron chi connectivity index (χ3n) is 4.78. The highest BCUT2D eigenvalue weighted by atomic mass is 32.2. The van der Waals surface area contributed by atoms with Crippen LogP contribution in [0, 0.1) is 0 Å². The van der Waals surface area contributed by atoms with Crippen LogP contribution in [0.15, 0.2) is 0 Å². The van der Waals surface area contributed by atoms with Gasteiger partial charge in [-0.25, -0.2) is 0 Å². The van der Waals surface area contributed by atoms with Crippen LogP contribution < -0.4 is 5.32 Å². The van der Waals surface area contributed by atoms with Crippen molar-refractivity contribution in [2.45, 2.75) is 61.9 Å². The van der Waals surface area contributed by atoms with Gasteiger partial charge in [0.2, 0.25) is 5.91 Å². The van der Waals surface area contributed by atoms with E-state index in [4.69, 9.17) is 0 Å². The zero-order chi connectivity index (χ0) is 12.1. The summed E-state index contributed by atoms with van der Waals surface area (Å²) in [6, 6.07) is 0. The van der Waals surface area contributed by atoms with Gasteiger partial charge in [0.15, 0.2) is 0 Å². The van der Waals surface area contributed by atoms with Crippen molar-refractivity contribution in [3.05, 3.63) is 0 Å². The lowest BCUT2D eigenvalue weighted by molar-refractivity contribution is -0.131. The highest BCUT2D eigenvalue weighted by Crippen LogP contribution is 2.47. The molecular weight excluding hydrogens is 232 g/mol. The van der Waals surface area contributed by atoms with Crippen molar-refractivity contribution >= 4 is 17.7 Å². The molecule has 96 valence electrons. The lowest BCUT2D eigenvalue weighted by atomic mass is 9.83. The molecule has 3 aliphatic rings. The summed E-state index contributed by atoms with van der Waals surface area (Å²) in [5.74, 6) is 0.379. The van der Waals surface area contributed by atoms with E-state index in [1.54, 1.807) is 0 Å². The highest BCUT2D eigenvalue weighted by molar-refractivity contribution is 8.00. The number of carbonyl (C=O) groups excluding carboxylic acids is 1. The monoisotopic (exact) mass is 254 g/mol.